The molecule has 1 aliphatic carbocycles. The van der Waals surface area contributed by atoms with E-state index in [-0.39, 0.29) is 5.78 Å². The fourth-order valence-electron chi connectivity index (χ4n) is 3.10. The molecule has 1 heterocycles. The Morgan fingerprint density at radius 1 is 1.22 bits per heavy atom. The summed E-state index contributed by atoms with van der Waals surface area (Å²) in [6.45, 7) is 3.93. The van der Waals surface area contributed by atoms with Crippen LogP contribution < -0.4 is 0 Å². The largest absolute Gasteiger partial charge is 0.358 e. The number of carbonyl (C=O) groups excluding carboxylic acids is 1. The van der Waals surface area contributed by atoms with Crippen LogP contribution in [0.1, 0.15) is 53.4 Å². The van der Waals surface area contributed by atoms with Crippen molar-refractivity contribution in [2.75, 3.05) is 0 Å². The van der Waals surface area contributed by atoms with Crippen LogP contribution in [0.4, 0.5) is 0 Å². The molecule has 1 aliphatic rings. The van der Waals surface area contributed by atoms with Gasteiger partial charge in [-0.2, -0.15) is 0 Å². The van der Waals surface area contributed by atoms with Crippen molar-refractivity contribution in [1.29, 1.82) is 0 Å². The number of aromatic amines is 1. The molecule has 2 aromatic rings. The average molecular weight is 241 g/mol. The highest BCUT2D eigenvalue weighted by Crippen LogP contribution is 2.30. The van der Waals surface area contributed by atoms with Crippen molar-refractivity contribution in [1.82, 2.24) is 4.98 Å². The van der Waals surface area contributed by atoms with E-state index in [1.54, 1.807) is 0 Å². The average Bonchev–Trinajstić information content (AvgIpc) is 2.70. The fraction of sp³-hybridized carbons (Fsp3) is 0.438. The second-order valence-corrected chi connectivity index (χ2v) is 5.28. The SMILES string of the molecule is CCC(=O)c1c(C)[nH]c2cc3c(cc12)CCCC3. The minimum absolute atomic E-state index is 0.245. The summed E-state index contributed by atoms with van der Waals surface area (Å²) < 4.78 is 0. The Balaban J connectivity index is 2.25. The third-order valence-corrected chi connectivity index (χ3v) is 4.05. The van der Waals surface area contributed by atoms with Crippen molar-refractivity contribution in [3.8, 4) is 0 Å². The topological polar surface area (TPSA) is 32.9 Å². The third-order valence-electron chi connectivity index (χ3n) is 4.05. The molecule has 0 aliphatic heterocycles. The first-order chi connectivity index (χ1) is 8.70. The zero-order valence-corrected chi connectivity index (χ0v) is 11.1. The molecule has 0 amide bonds. The summed E-state index contributed by atoms with van der Waals surface area (Å²) in [5, 5.41) is 1.13. The van der Waals surface area contributed by atoms with E-state index in [1.165, 1.54) is 30.4 Å². The van der Waals surface area contributed by atoms with E-state index in [9.17, 15) is 4.79 Å². The second kappa shape index (κ2) is 4.27. The standard InChI is InChI=1S/C16H19NO/c1-3-15(18)16-10(2)17-14-9-12-7-5-4-6-11(12)8-13(14)16/h8-9,17H,3-7H2,1-2H3. The maximum Gasteiger partial charge on any atom is 0.165 e. The van der Waals surface area contributed by atoms with Crippen molar-refractivity contribution in [2.45, 2.75) is 46.0 Å². The molecule has 1 aromatic heterocycles. The predicted octanol–water partition coefficient (Wildman–Crippen LogP) is 3.95. The van der Waals surface area contributed by atoms with Crippen LogP contribution in [-0.4, -0.2) is 10.8 Å². The number of nitrogens with one attached hydrogen (secondary N) is 1. The predicted molar refractivity (Wildman–Crippen MR) is 74.3 cm³/mol. The number of hydrogen-bond donors (Lipinski definition) is 1. The van der Waals surface area contributed by atoms with Gasteiger partial charge in [-0.25, -0.2) is 0 Å². The summed E-state index contributed by atoms with van der Waals surface area (Å²) in [5.74, 6) is 0.245. The molecule has 0 atom stereocenters. The van der Waals surface area contributed by atoms with Crippen LogP contribution in [-0.2, 0) is 12.8 Å². The number of aromatic nitrogens is 1. The molecule has 0 saturated heterocycles. The molecule has 1 N–H and O–H groups in total. The number of hydrogen-bond acceptors (Lipinski definition) is 1. The van der Waals surface area contributed by atoms with Gasteiger partial charge in [0.15, 0.2) is 5.78 Å². The minimum atomic E-state index is 0.245. The quantitative estimate of drug-likeness (QED) is 0.793. The Bertz CT molecular complexity index is 622. The van der Waals surface area contributed by atoms with Crippen molar-refractivity contribution in [2.24, 2.45) is 0 Å². The maximum atomic E-state index is 12.1. The smallest absolute Gasteiger partial charge is 0.165 e. The fourth-order valence-corrected chi connectivity index (χ4v) is 3.10. The monoisotopic (exact) mass is 241 g/mol. The van der Waals surface area contributed by atoms with E-state index in [0.717, 1.165) is 28.6 Å². The van der Waals surface area contributed by atoms with Gasteiger partial charge in [0.2, 0.25) is 0 Å². The Morgan fingerprint density at radius 2 is 1.89 bits per heavy atom. The summed E-state index contributed by atoms with van der Waals surface area (Å²) in [6, 6.07) is 4.50. The molecule has 0 unspecified atom stereocenters. The lowest BCUT2D eigenvalue weighted by Crippen LogP contribution is -2.03. The van der Waals surface area contributed by atoms with Crippen LogP contribution in [0.15, 0.2) is 12.1 Å². The lowest BCUT2D eigenvalue weighted by Gasteiger charge is -2.15. The molecule has 0 bridgehead atoms. The Morgan fingerprint density at radius 3 is 2.56 bits per heavy atom. The lowest BCUT2D eigenvalue weighted by atomic mass is 9.90. The van der Waals surface area contributed by atoms with Crippen LogP contribution in [0.5, 0.6) is 0 Å². The first kappa shape index (κ1) is 11.5. The molecule has 0 fully saturated rings. The van der Waals surface area contributed by atoms with Gasteiger partial charge in [-0.15, -0.1) is 0 Å². The summed E-state index contributed by atoms with van der Waals surface area (Å²) in [6.07, 6.45) is 5.48. The number of Topliss-reactive ketones (excluding diaryl/α,β-unsaturated/α-hetero) is 1. The molecule has 2 nitrogen and oxygen atoms in total. The summed E-state index contributed by atoms with van der Waals surface area (Å²) in [5.41, 5.74) is 5.95. The molecule has 2 heteroatoms. The molecule has 0 radical (unpaired) electrons. The van der Waals surface area contributed by atoms with E-state index in [1.807, 2.05) is 13.8 Å². The van der Waals surface area contributed by atoms with Crippen molar-refractivity contribution in [3.63, 3.8) is 0 Å². The van der Waals surface area contributed by atoms with Gasteiger partial charge >= 0.3 is 0 Å². The highest BCUT2D eigenvalue weighted by molar-refractivity contribution is 6.09. The number of rotatable bonds is 2. The van der Waals surface area contributed by atoms with Gasteiger partial charge < -0.3 is 4.98 Å². The van der Waals surface area contributed by atoms with E-state index < -0.39 is 0 Å². The number of benzene rings is 1. The van der Waals surface area contributed by atoms with Gasteiger partial charge in [-0.05, 0) is 55.9 Å². The van der Waals surface area contributed by atoms with Crippen LogP contribution in [0.25, 0.3) is 10.9 Å². The van der Waals surface area contributed by atoms with Gasteiger partial charge in [0.25, 0.3) is 0 Å². The van der Waals surface area contributed by atoms with Crippen molar-refractivity contribution < 1.29 is 4.79 Å². The zero-order chi connectivity index (χ0) is 12.7. The van der Waals surface area contributed by atoms with Gasteiger partial charge in [-0.1, -0.05) is 6.92 Å². The Hall–Kier alpha value is -1.57. The molecular formula is C16H19NO. The molecule has 3 rings (SSSR count). The minimum Gasteiger partial charge on any atom is -0.358 e. The van der Waals surface area contributed by atoms with Crippen molar-refractivity contribution in [3.05, 3.63) is 34.5 Å². The van der Waals surface area contributed by atoms with E-state index in [0.29, 0.717) is 6.42 Å². The highest BCUT2D eigenvalue weighted by atomic mass is 16.1. The molecular weight excluding hydrogens is 222 g/mol. The molecule has 18 heavy (non-hydrogen) atoms. The zero-order valence-electron chi connectivity index (χ0n) is 11.1. The van der Waals surface area contributed by atoms with E-state index >= 15 is 0 Å². The van der Waals surface area contributed by atoms with E-state index in [2.05, 4.69) is 17.1 Å². The molecule has 0 saturated carbocycles. The normalized spacial score (nSPS) is 14.8. The summed E-state index contributed by atoms with van der Waals surface area (Å²) in [7, 11) is 0. The lowest BCUT2D eigenvalue weighted by molar-refractivity contribution is 0.0989. The van der Waals surface area contributed by atoms with Gasteiger partial charge in [0, 0.05) is 28.6 Å². The number of aryl methyl sites for hydroxylation is 3. The maximum absolute atomic E-state index is 12.1. The first-order valence-electron chi connectivity index (χ1n) is 6.88. The van der Waals surface area contributed by atoms with Crippen LogP contribution in [0, 0.1) is 6.92 Å². The first-order valence-corrected chi connectivity index (χ1v) is 6.88. The van der Waals surface area contributed by atoms with Crippen LogP contribution in [0.3, 0.4) is 0 Å². The number of H-pyrrole nitrogens is 1. The number of fused-ring (bicyclic) bond motifs is 2. The number of carbonyl (C=O) groups is 1. The Labute approximate surface area is 107 Å². The van der Waals surface area contributed by atoms with E-state index in [4.69, 9.17) is 0 Å². The van der Waals surface area contributed by atoms with Gasteiger partial charge in [-0.3, -0.25) is 4.79 Å². The van der Waals surface area contributed by atoms with Gasteiger partial charge in [0.1, 0.15) is 0 Å². The summed E-state index contributed by atoms with van der Waals surface area (Å²) in [4.78, 5) is 15.4. The second-order valence-electron chi connectivity index (χ2n) is 5.28. The molecule has 0 spiro atoms. The number of ketones is 1. The van der Waals surface area contributed by atoms with Crippen LogP contribution in [0.2, 0.25) is 0 Å². The van der Waals surface area contributed by atoms with Crippen molar-refractivity contribution >= 4 is 16.7 Å². The Kier molecular flexibility index (Phi) is 2.73. The van der Waals surface area contributed by atoms with Gasteiger partial charge in [0.05, 0.1) is 0 Å². The summed E-state index contributed by atoms with van der Waals surface area (Å²) >= 11 is 0. The molecule has 1 aromatic carbocycles. The third kappa shape index (κ3) is 1.67. The molecule has 94 valence electrons. The highest BCUT2D eigenvalue weighted by Gasteiger charge is 2.17. The van der Waals surface area contributed by atoms with Crippen LogP contribution >= 0.6 is 0 Å².